The Bertz CT molecular complexity index is 658. The Hall–Kier alpha value is -2.36. The lowest BCUT2D eigenvalue weighted by molar-refractivity contribution is -0.116. The molecule has 1 heterocycles. The predicted octanol–water partition coefficient (Wildman–Crippen LogP) is 2.43. The average molecular weight is 268 g/mol. The number of carbonyl (C=O) groups is 2. The highest BCUT2D eigenvalue weighted by Crippen LogP contribution is 2.24. The fraction of sp³-hybridized carbons (Fsp3) is 0.250. The van der Waals surface area contributed by atoms with Crippen LogP contribution in [-0.2, 0) is 24.2 Å². The van der Waals surface area contributed by atoms with Crippen molar-refractivity contribution in [2.24, 2.45) is 0 Å². The number of rotatable bonds is 4. The number of carbonyl (C=O) groups excluding carboxylic acids is 2. The molecule has 20 heavy (non-hydrogen) atoms. The first-order valence-electron chi connectivity index (χ1n) is 6.78. The lowest BCUT2D eigenvalue weighted by Crippen LogP contribution is -2.19. The second-order valence-electron chi connectivity index (χ2n) is 5.06. The maximum atomic E-state index is 12.0. The molecule has 1 aromatic carbocycles. The summed E-state index contributed by atoms with van der Waals surface area (Å²) in [4.78, 5) is 22.8. The van der Waals surface area contributed by atoms with Crippen molar-refractivity contribution in [3.8, 4) is 0 Å². The van der Waals surface area contributed by atoms with Crippen LogP contribution in [0.3, 0.4) is 0 Å². The summed E-state index contributed by atoms with van der Waals surface area (Å²) in [5, 5.41) is 2.89. The first-order chi connectivity index (χ1) is 9.76. The van der Waals surface area contributed by atoms with Crippen LogP contribution in [0.15, 0.2) is 36.5 Å². The normalized spacial score (nSPS) is 13.0. The largest absolute Gasteiger partial charge is 0.336 e. The smallest absolute Gasteiger partial charge is 0.244 e. The van der Waals surface area contributed by atoms with Gasteiger partial charge in [-0.3, -0.25) is 9.59 Å². The number of nitrogens with zero attached hydrogens (tertiary/aromatic N) is 1. The van der Waals surface area contributed by atoms with Crippen molar-refractivity contribution in [1.82, 2.24) is 4.57 Å². The zero-order chi connectivity index (χ0) is 13.9. The SMILES string of the molecule is O=Cc1cccn1CC(=O)Nc1ccc2c(c1)CCC2. The van der Waals surface area contributed by atoms with Crippen LogP contribution in [0.2, 0.25) is 0 Å². The lowest BCUT2D eigenvalue weighted by atomic mass is 10.1. The summed E-state index contributed by atoms with van der Waals surface area (Å²) >= 11 is 0. The summed E-state index contributed by atoms with van der Waals surface area (Å²) in [5.41, 5.74) is 4.05. The lowest BCUT2D eigenvalue weighted by Gasteiger charge is -2.09. The number of anilines is 1. The average Bonchev–Trinajstić information content (AvgIpc) is 3.06. The third-order valence-corrected chi connectivity index (χ3v) is 3.68. The fourth-order valence-corrected chi connectivity index (χ4v) is 2.68. The first-order valence-corrected chi connectivity index (χ1v) is 6.78. The maximum Gasteiger partial charge on any atom is 0.244 e. The maximum absolute atomic E-state index is 12.0. The first kappa shape index (κ1) is 12.7. The van der Waals surface area contributed by atoms with Crippen LogP contribution in [0, 0.1) is 0 Å². The summed E-state index contributed by atoms with van der Waals surface area (Å²) in [7, 11) is 0. The summed E-state index contributed by atoms with van der Waals surface area (Å²) < 4.78 is 1.63. The molecule has 1 N–H and O–H groups in total. The van der Waals surface area contributed by atoms with Crippen LogP contribution in [0.4, 0.5) is 5.69 Å². The predicted molar refractivity (Wildman–Crippen MR) is 76.9 cm³/mol. The van der Waals surface area contributed by atoms with Crippen molar-refractivity contribution < 1.29 is 9.59 Å². The highest BCUT2D eigenvalue weighted by atomic mass is 16.2. The third kappa shape index (κ3) is 2.50. The van der Waals surface area contributed by atoms with E-state index in [4.69, 9.17) is 0 Å². The third-order valence-electron chi connectivity index (χ3n) is 3.68. The number of amides is 1. The molecule has 1 aliphatic carbocycles. The van der Waals surface area contributed by atoms with E-state index in [-0.39, 0.29) is 12.5 Å². The zero-order valence-electron chi connectivity index (χ0n) is 11.1. The molecule has 102 valence electrons. The van der Waals surface area contributed by atoms with Gasteiger partial charge in [0.2, 0.25) is 5.91 Å². The van der Waals surface area contributed by atoms with Crippen molar-refractivity contribution >= 4 is 17.9 Å². The Balaban J connectivity index is 1.68. The van der Waals surface area contributed by atoms with E-state index in [1.165, 1.54) is 17.5 Å². The van der Waals surface area contributed by atoms with Gasteiger partial charge >= 0.3 is 0 Å². The molecule has 0 fully saturated rings. The highest BCUT2D eigenvalue weighted by molar-refractivity contribution is 5.91. The van der Waals surface area contributed by atoms with Gasteiger partial charge in [0.05, 0.1) is 5.69 Å². The van der Waals surface area contributed by atoms with Crippen molar-refractivity contribution in [2.75, 3.05) is 5.32 Å². The topological polar surface area (TPSA) is 51.1 Å². The Morgan fingerprint density at radius 3 is 2.95 bits per heavy atom. The van der Waals surface area contributed by atoms with Gasteiger partial charge < -0.3 is 9.88 Å². The number of nitrogens with one attached hydrogen (secondary N) is 1. The quantitative estimate of drug-likeness (QED) is 0.866. The standard InChI is InChI=1S/C16H16N2O2/c19-11-15-5-2-8-18(15)10-16(20)17-14-7-6-12-3-1-4-13(12)9-14/h2,5-9,11H,1,3-4,10H2,(H,17,20). The molecule has 0 unspecified atom stereocenters. The van der Waals surface area contributed by atoms with E-state index in [1.807, 2.05) is 6.07 Å². The van der Waals surface area contributed by atoms with Gasteiger partial charge in [0, 0.05) is 11.9 Å². The van der Waals surface area contributed by atoms with Gasteiger partial charge in [0.25, 0.3) is 0 Å². The monoisotopic (exact) mass is 268 g/mol. The Kier molecular flexibility index (Phi) is 3.37. The summed E-state index contributed by atoms with van der Waals surface area (Å²) in [5.74, 6) is -0.123. The number of benzene rings is 1. The number of hydrogen-bond acceptors (Lipinski definition) is 2. The van der Waals surface area contributed by atoms with Gasteiger partial charge in [-0.05, 0) is 54.7 Å². The van der Waals surface area contributed by atoms with Crippen LogP contribution in [0.25, 0.3) is 0 Å². The molecular formula is C16H16N2O2. The van der Waals surface area contributed by atoms with Crippen LogP contribution in [0.5, 0.6) is 0 Å². The van der Waals surface area contributed by atoms with E-state index < -0.39 is 0 Å². The molecular weight excluding hydrogens is 252 g/mol. The molecule has 4 nitrogen and oxygen atoms in total. The molecule has 1 aromatic heterocycles. The molecule has 0 atom stereocenters. The Labute approximate surface area is 117 Å². The summed E-state index contributed by atoms with van der Waals surface area (Å²) in [6.45, 7) is 0.151. The van der Waals surface area contributed by atoms with Crippen molar-refractivity contribution in [2.45, 2.75) is 25.8 Å². The van der Waals surface area contributed by atoms with E-state index in [9.17, 15) is 9.59 Å². The number of aldehydes is 1. The van der Waals surface area contributed by atoms with E-state index in [0.29, 0.717) is 5.69 Å². The fourth-order valence-electron chi connectivity index (χ4n) is 2.68. The Morgan fingerprint density at radius 1 is 1.25 bits per heavy atom. The van der Waals surface area contributed by atoms with Crippen molar-refractivity contribution in [1.29, 1.82) is 0 Å². The molecule has 3 rings (SSSR count). The number of hydrogen-bond donors (Lipinski definition) is 1. The minimum absolute atomic E-state index is 0.123. The van der Waals surface area contributed by atoms with Gasteiger partial charge in [-0.15, -0.1) is 0 Å². The number of aromatic nitrogens is 1. The van der Waals surface area contributed by atoms with E-state index >= 15 is 0 Å². The van der Waals surface area contributed by atoms with Crippen molar-refractivity contribution in [3.63, 3.8) is 0 Å². The van der Waals surface area contributed by atoms with Crippen molar-refractivity contribution in [3.05, 3.63) is 53.3 Å². The van der Waals surface area contributed by atoms with E-state index in [0.717, 1.165) is 24.8 Å². The Morgan fingerprint density at radius 2 is 2.10 bits per heavy atom. The zero-order valence-corrected chi connectivity index (χ0v) is 11.1. The molecule has 2 aromatic rings. The molecule has 4 heteroatoms. The van der Waals surface area contributed by atoms with Gasteiger partial charge in [-0.1, -0.05) is 6.07 Å². The van der Waals surface area contributed by atoms with Gasteiger partial charge in [-0.2, -0.15) is 0 Å². The second kappa shape index (κ2) is 5.33. The van der Waals surface area contributed by atoms with Crippen LogP contribution < -0.4 is 5.32 Å². The van der Waals surface area contributed by atoms with Crippen LogP contribution >= 0.6 is 0 Å². The van der Waals surface area contributed by atoms with Crippen LogP contribution in [-0.4, -0.2) is 16.8 Å². The molecule has 0 saturated heterocycles. The minimum Gasteiger partial charge on any atom is -0.336 e. The van der Waals surface area contributed by atoms with Gasteiger partial charge in [-0.25, -0.2) is 0 Å². The van der Waals surface area contributed by atoms with E-state index in [1.54, 1.807) is 22.9 Å². The second-order valence-corrected chi connectivity index (χ2v) is 5.06. The number of fused-ring (bicyclic) bond motifs is 1. The number of aryl methyl sites for hydroxylation is 2. The molecule has 0 saturated carbocycles. The van der Waals surface area contributed by atoms with E-state index in [2.05, 4.69) is 17.4 Å². The molecule has 0 spiro atoms. The molecule has 1 amide bonds. The highest BCUT2D eigenvalue weighted by Gasteiger charge is 2.12. The summed E-state index contributed by atoms with van der Waals surface area (Å²) in [6, 6.07) is 9.53. The van der Waals surface area contributed by atoms with Crippen LogP contribution in [0.1, 0.15) is 28.0 Å². The van der Waals surface area contributed by atoms with Gasteiger partial charge in [0.1, 0.15) is 6.54 Å². The van der Waals surface area contributed by atoms with Gasteiger partial charge in [0.15, 0.2) is 6.29 Å². The molecule has 0 bridgehead atoms. The molecule has 1 aliphatic rings. The molecule has 0 aliphatic heterocycles. The molecule has 0 radical (unpaired) electrons. The summed E-state index contributed by atoms with van der Waals surface area (Å²) in [6.07, 6.45) is 5.90. The minimum atomic E-state index is -0.123.